The van der Waals surface area contributed by atoms with Crippen molar-refractivity contribution in [2.24, 2.45) is 0 Å². The predicted octanol–water partition coefficient (Wildman–Crippen LogP) is 4.98. The van der Waals surface area contributed by atoms with Crippen LogP contribution in [-0.2, 0) is 6.61 Å². The Morgan fingerprint density at radius 1 is 1.04 bits per heavy atom. The van der Waals surface area contributed by atoms with Gasteiger partial charge in [-0.2, -0.15) is 0 Å². The number of nitrogens with zero attached hydrogens (tertiary/aromatic N) is 1. The molecule has 0 aliphatic rings. The monoisotopic (exact) mass is 375 g/mol. The summed E-state index contributed by atoms with van der Waals surface area (Å²) < 4.78 is 12.1. The van der Waals surface area contributed by atoms with Crippen molar-refractivity contribution in [2.75, 3.05) is 5.75 Å². The number of thioether (sulfide) groups is 1. The second-order valence-corrected chi connectivity index (χ2v) is 7.57. The molecule has 0 aliphatic heterocycles. The number of ether oxygens (including phenoxy) is 2. The van der Waals surface area contributed by atoms with Crippen LogP contribution >= 0.6 is 11.8 Å². The Balaban J connectivity index is 1.81. The maximum absolute atomic E-state index is 6.06. The first-order valence-corrected chi connectivity index (χ1v) is 9.89. The van der Waals surface area contributed by atoms with Gasteiger partial charge in [-0.3, -0.25) is 0 Å². The van der Waals surface area contributed by atoms with E-state index >= 15 is 0 Å². The van der Waals surface area contributed by atoms with E-state index in [0.29, 0.717) is 12.5 Å². The lowest BCUT2D eigenvalue weighted by Gasteiger charge is -2.15. The van der Waals surface area contributed by atoms with E-state index in [1.165, 1.54) is 0 Å². The van der Waals surface area contributed by atoms with Crippen LogP contribution in [0, 0.1) is 13.8 Å². The molecule has 0 spiro atoms. The maximum Gasteiger partial charge on any atom is 0.220 e. The second kappa shape index (κ2) is 9.00. The summed E-state index contributed by atoms with van der Waals surface area (Å²) in [5.41, 5.74) is 3.84. The minimum Gasteiger partial charge on any atom is -0.486 e. The van der Waals surface area contributed by atoms with Crippen molar-refractivity contribution in [3.63, 3.8) is 0 Å². The van der Waals surface area contributed by atoms with Crippen LogP contribution in [0.3, 0.4) is 0 Å². The molecule has 0 bridgehead atoms. The van der Waals surface area contributed by atoms with Gasteiger partial charge in [0, 0.05) is 6.07 Å². The Morgan fingerprint density at radius 3 is 2.41 bits per heavy atom. The highest BCUT2D eigenvalue weighted by Gasteiger charge is 2.11. The molecule has 0 saturated carbocycles. The molecule has 0 unspecified atom stereocenters. The number of rotatable bonds is 7. The molecular formula is C22H22BNO2S. The molecule has 0 aliphatic carbocycles. The molecule has 0 amide bonds. The summed E-state index contributed by atoms with van der Waals surface area (Å²) in [5, 5.41) is 0. The number of hydrogen-bond acceptors (Lipinski definition) is 4. The average molecular weight is 375 g/mol. The summed E-state index contributed by atoms with van der Waals surface area (Å²) in [6.07, 6.45) is 1.73. The molecule has 3 rings (SSSR count). The Hall–Kier alpha value is -2.40. The Bertz CT molecular complexity index is 892. The van der Waals surface area contributed by atoms with Crippen LogP contribution in [0.5, 0.6) is 17.4 Å². The van der Waals surface area contributed by atoms with Gasteiger partial charge in [-0.05, 0) is 36.3 Å². The normalized spacial score (nSPS) is 10.6. The lowest BCUT2D eigenvalue weighted by Crippen LogP contribution is -2.05. The Morgan fingerprint density at radius 2 is 1.74 bits per heavy atom. The first kappa shape index (κ1) is 19.4. The summed E-state index contributed by atoms with van der Waals surface area (Å²) in [4.78, 5) is 5.46. The smallest absolute Gasteiger partial charge is 0.220 e. The highest BCUT2D eigenvalue weighted by Crippen LogP contribution is 2.34. The summed E-state index contributed by atoms with van der Waals surface area (Å²) in [7, 11) is 5.90. The van der Waals surface area contributed by atoms with Crippen molar-refractivity contribution in [2.45, 2.75) is 32.3 Å². The molecule has 2 aromatic carbocycles. The molecule has 5 heteroatoms. The number of pyridine rings is 1. The van der Waals surface area contributed by atoms with E-state index in [2.05, 4.69) is 11.9 Å². The molecule has 3 aromatic rings. The van der Waals surface area contributed by atoms with E-state index in [4.69, 9.17) is 17.3 Å². The zero-order valence-corrected chi connectivity index (χ0v) is 16.7. The molecule has 3 nitrogen and oxygen atoms in total. The van der Waals surface area contributed by atoms with E-state index < -0.39 is 0 Å². The first-order valence-electron chi connectivity index (χ1n) is 8.91. The summed E-state index contributed by atoms with van der Waals surface area (Å²) in [6.45, 7) is 6.59. The fourth-order valence-electron chi connectivity index (χ4n) is 2.82. The zero-order valence-electron chi connectivity index (χ0n) is 15.9. The van der Waals surface area contributed by atoms with Crippen LogP contribution in [0.15, 0.2) is 59.6 Å². The molecule has 0 N–H and O–H groups in total. The van der Waals surface area contributed by atoms with Crippen LogP contribution < -0.4 is 14.9 Å². The zero-order chi connectivity index (χ0) is 19.2. The lowest BCUT2D eigenvalue weighted by atomic mass is 9.92. The third-order valence-corrected chi connectivity index (χ3v) is 4.95. The largest absolute Gasteiger partial charge is 0.486 e. The molecule has 2 radical (unpaired) electrons. The van der Waals surface area contributed by atoms with Crippen molar-refractivity contribution in [3.8, 4) is 17.4 Å². The molecule has 27 heavy (non-hydrogen) atoms. The van der Waals surface area contributed by atoms with Gasteiger partial charge >= 0.3 is 0 Å². The van der Waals surface area contributed by atoms with Gasteiger partial charge in [-0.25, -0.2) is 4.98 Å². The Labute approximate surface area is 166 Å². The third kappa shape index (κ3) is 5.07. The van der Waals surface area contributed by atoms with Gasteiger partial charge in [-0.15, -0.1) is 11.8 Å². The van der Waals surface area contributed by atoms with Crippen LogP contribution in [0.2, 0.25) is 0 Å². The molecule has 1 heterocycles. The first-order chi connectivity index (χ1) is 13.1. The SMILES string of the molecule is [B]c1cc(C)c(Oc2cc(SCC)c(OCc3ccccc3)cn2)c(C)c1. The highest BCUT2D eigenvalue weighted by molar-refractivity contribution is 7.99. The minimum atomic E-state index is 0.510. The van der Waals surface area contributed by atoms with Crippen molar-refractivity contribution in [1.82, 2.24) is 4.98 Å². The maximum atomic E-state index is 6.06. The van der Waals surface area contributed by atoms with Gasteiger partial charge in [0.25, 0.3) is 0 Å². The lowest BCUT2D eigenvalue weighted by molar-refractivity contribution is 0.296. The molecule has 0 saturated heterocycles. The number of hydrogen-bond donors (Lipinski definition) is 0. The van der Waals surface area contributed by atoms with Crippen molar-refractivity contribution < 1.29 is 9.47 Å². The van der Waals surface area contributed by atoms with Gasteiger partial charge in [0.05, 0.1) is 11.1 Å². The number of benzene rings is 2. The number of aryl methyl sites for hydroxylation is 2. The van der Waals surface area contributed by atoms with Gasteiger partial charge in [-0.1, -0.05) is 54.9 Å². The van der Waals surface area contributed by atoms with E-state index in [1.54, 1.807) is 18.0 Å². The van der Waals surface area contributed by atoms with Crippen molar-refractivity contribution in [3.05, 3.63) is 71.4 Å². The summed E-state index contributed by atoms with van der Waals surface area (Å²) in [5.74, 6) is 3.05. The van der Waals surface area contributed by atoms with Crippen LogP contribution in [-0.4, -0.2) is 18.6 Å². The van der Waals surface area contributed by atoms with Gasteiger partial charge in [0.2, 0.25) is 5.88 Å². The standard InChI is InChI=1S/C22H22BNO2S/c1-4-27-20-12-21(26-22-15(2)10-18(23)11-16(22)3)24-13-19(20)25-14-17-8-6-5-7-9-17/h5-13H,4,14H2,1-3H3. The van der Waals surface area contributed by atoms with Crippen LogP contribution in [0.1, 0.15) is 23.6 Å². The molecule has 1 aromatic heterocycles. The fourth-order valence-corrected chi connectivity index (χ4v) is 3.57. The summed E-state index contributed by atoms with van der Waals surface area (Å²) >= 11 is 1.71. The van der Waals surface area contributed by atoms with E-state index in [1.807, 2.05) is 62.4 Å². The Kier molecular flexibility index (Phi) is 6.46. The highest BCUT2D eigenvalue weighted by atomic mass is 32.2. The van der Waals surface area contributed by atoms with E-state index in [9.17, 15) is 0 Å². The van der Waals surface area contributed by atoms with Crippen molar-refractivity contribution >= 4 is 25.1 Å². The molecule has 0 atom stereocenters. The van der Waals surface area contributed by atoms with Crippen molar-refractivity contribution in [1.29, 1.82) is 0 Å². The fraction of sp³-hybridized carbons (Fsp3) is 0.227. The van der Waals surface area contributed by atoms with E-state index in [0.717, 1.165) is 44.3 Å². The van der Waals surface area contributed by atoms with Gasteiger partial charge in [0.1, 0.15) is 20.2 Å². The molecule has 136 valence electrons. The van der Waals surface area contributed by atoms with Gasteiger partial charge in [0.15, 0.2) is 5.75 Å². The average Bonchev–Trinajstić information content (AvgIpc) is 2.65. The summed E-state index contributed by atoms with van der Waals surface area (Å²) in [6, 6.07) is 15.8. The molecule has 0 fully saturated rings. The number of aromatic nitrogens is 1. The van der Waals surface area contributed by atoms with Crippen LogP contribution in [0.25, 0.3) is 0 Å². The minimum absolute atomic E-state index is 0.510. The van der Waals surface area contributed by atoms with E-state index in [-0.39, 0.29) is 0 Å². The second-order valence-electron chi connectivity index (χ2n) is 6.26. The predicted molar refractivity (Wildman–Crippen MR) is 113 cm³/mol. The molecular weight excluding hydrogens is 353 g/mol. The van der Waals surface area contributed by atoms with Crippen LogP contribution in [0.4, 0.5) is 0 Å². The third-order valence-electron chi connectivity index (χ3n) is 4.03. The topological polar surface area (TPSA) is 31.4 Å². The van der Waals surface area contributed by atoms with Gasteiger partial charge < -0.3 is 9.47 Å². The quantitative estimate of drug-likeness (QED) is 0.431.